The van der Waals surface area contributed by atoms with Crippen LogP contribution in [0.1, 0.15) is 26.7 Å². The van der Waals surface area contributed by atoms with Gasteiger partial charge in [-0.15, -0.1) is 0 Å². The van der Waals surface area contributed by atoms with Crippen LogP contribution in [0.5, 0.6) is 5.75 Å². The summed E-state index contributed by atoms with van der Waals surface area (Å²) in [7, 11) is -2.62. The molecule has 1 aromatic rings. The summed E-state index contributed by atoms with van der Waals surface area (Å²) < 4.78 is 28.9. The fraction of sp³-hybridized carbons (Fsp3) is 0.571. The Bertz CT molecular complexity index is 595. The molecule has 0 amide bonds. The van der Waals surface area contributed by atoms with E-state index in [0.29, 0.717) is 18.3 Å². The third-order valence-corrected chi connectivity index (χ3v) is 3.34. The summed E-state index contributed by atoms with van der Waals surface area (Å²) in [5.41, 5.74) is -0.108. The first-order valence-corrected chi connectivity index (χ1v) is 8.35. The molecule has 9 heteroatoms. The summed E-state index contributed by atoms with van der Waals surface area (Å²) in [5.74, 6) is 0.723. The average molecular weight is 346 g/mol. The first kappa shape index (κ1) is 19.3. The number of para-hydroxylation sites is 2. The fourth-order valence-electron chi connectivity index (χ4n) is 2.44. The maximum absolute atomic E-state index is 10.9. The van der Waals surface area contributed by atoms with Crippen LogP contribution in [0, 0.1) is 16.0 Å². The van der Waals surface area contributed by atoms with Gasteiger partial charge in [0.25, 0.3) is 0 Å². The summed E-state index contributed by atoms with van der Waals surface area (Å²) in [4.78, 5) is 10.5. The van der Waals surface area contributed by atoms with E-state index in [-0.39, 0.29) is 11.3 Å². The summed E-state index contributed by atoms with van der Waals surface area (Å²) in [5, 5.41) is 14.9. The molecule has 0 spiro atoms. The number of hydrogen-bond acceptors (Lipinski definition) is 6. The molecule has 1 aromatic carbocycles. The highest BCUT2D eigenvalue weighted by Gasteiger charge is 2.29. The second kappa shape index (κ2) is 8.80. The van der Waals surface area contributed by atoms with E-state index in [0.717, 1.165) is 19.4 Å². The molecule has 1 saturated heterocycles. The Kier molecular flexibility index (Phi) is 7.40. The predicted octanol–water partition coefficient (Wildman–Crippen LogP) is 1.65. The molecule has 0 radical (unpaired) electrons. The van der Waals surface area contributed by atoms with Crippen molar-refractivity contribution in [2.24, 2.45) is 11.1 Å². The standard InChI is InChI=1S/C14H19NO4.H3NO2S/c1-14(2)9-11(7-8-19-14)10-18-13-6-4-3-5-12(13)15(16)17;1-4(2)3/h3-6,11H,7-10H2,1-2H3;4H,(H2,1,2,3). The largest absolute Gasteiger partial charge is 0.487 e. The molecule has 0 saturated carbocycles. The molecular weight excluding hydrogens is 324 g/mol. The zero-order valence-corrected chi connectivity index (χ0v) is 14.0. The number of nitro benzene ring substituents is 1. The van der Waals surface area contributed by atoms with Crippen LogP contribution < -0.4 is 9.88 Å². The van der Waals surface area contributed by atoms with Crippen LogP contribution in [0.15, 0.2) is 24.3 Å². The first-order chi connectivity index (χ1) is 10.7. The molecule has 23 heavy (non-hydrogen) atoms. The van der Waals surface area contributed by atoms with Gasteiger partial charge in [0.05, 0.1) is 17.1 Å². The summed E-state index contributed by atoms with van der Waals surface area (Å²) in [6.07, 6.45) is 1.84. The van der Waals surface area contributed by atoms with Crippen molar-refractivity contribution in [2.45, 2.75) is 32.3 Å². The van der Waals surface area contributed by atoms with E-state index in [4.69, 9.17) is 17.9 Å². The maximum Gasteiger partial charge on any atom is 0.310 e. The second-order valence-electron chi connectivity index (χ2n) is 5.79. The fourth-order valence-corrected chi connectivity index (χ4v) is 2.44. The Labute approximate surface area is 136 Å². The SMILES string of the molecule is CC1(C)CC(COc2ccccc2[N+](=O)[O-])CCO1.N[SH](=O)=O. The molecule has 1 unspecified atom stereocenters. The normalized spacial score (nSPS) is 19.6. The van der Waals surface area contributed by atoms with Gasteiger partial charge in [0.2, 0.25) is 0 Å². The molecule has 1 heterocycles. The van der Waals surface area contributed by atoms with E-state index in [9.17, 15) is 10.1 Å². The van der Waals surface area contributed by atoms with Crippen LogP contribution in [0.4, 0.5) is 5.69 Å². The number of thiol groups is 1. The van der Waals surface area contributed by atoms with Crippen molar-refractivity contribution in [3.63, 3.8) is 0 Å². The van der Waals surface area contributed by atoms with Gasteiger partial charge in [-0.2, -0.15) is 0 Å². The van der Waals surface area contributed by atoms with Gasteiger partial charge in [-0.25, -0.2) is 13.6 Å². The summed E-state index contributed by atoms with van der Waals surface area (Å²) in [6, 6.07) is 6.49. The highest BCUT2D eigenvalue weighted by molar-refractivity contribution is 7.69. The Morgan fingerprint density at radius 1 is 1.43 bits per heavy atom. The number of nitrogens with zero attached hydrogens (tertiary/aromatic N) is 1. The number of benzene rings is 1. The van der Waals surface area contributed by atoms with Crippen LogP contribution in [-0.4, -0.2) is 32.2 Å². The highest BCUT2D eigenvalue weighted by Crippen LogP contribution is 2.31. The minimum atomic E-state index is -2.62. The van der Waals surface area contributed by atoms with Gasteiger partial charge in [-0.1, -0.05) is 12.1 Å². The van der Waals surface area contributed by atoms with Crippen molar-refractivity contribution in [3.05, 3.63) is 34.4 Å². The third-order valence-electron chi connectivity index (χ3n) is 3.34. The number of ether oxygens (including phenoxy) is 2. The molecule has 1 aliphatic rings. The quantitative estimate of drug-likeness (QED) is 0.485. The van der Waals surface area contributed by atoms with Gasteiger partial charge in [-0.05, 0) is 38.7 Å². The monoisotopic (exact) mass is 346 g/mol. The van der Waals surface area contributed by atoms with Gasteiger partial charge in [0, 0.05) is 12.7 Å². The van der Waals surface area contributed by atoms with Crippen molar-refractivity contribution in [2.75, 3.05) is 13.2 Å². The third kappa shape index (κ3) is 7.40. The minimum absolute atomic E-state index is 0.0221. The zero-order chi connectivity index (χ0) is 17.5. The van der Waals surface area contributed by atoms with E-state index in [1.165, 1.54) is 6.07 Å². The molecular formula is C14H22N2O6S. The second-order valence-corrected chi connectivity index (χ2v) is 6.36. The summed E-state index contributed by atoms with van der Waals surface area (Å²) >= 11 is 0. The van der Waals surface area contributed by atoms with Crippen molar-refractivity contribution in [1.29, 1.82) is 0 Å². The van der Waals surface area contributed by atoms with E-state index in [1.54, 1.807) is 18.2 Å². The van der Waals surface area contributed by atoms with Gasteiger partial charge in [0.1, 0.15) is 0 Å². The van der Waals surface area contributed by atoms with Gasteiger partial charge in [-0.3, -0.25) is 10.1 Å². The van der Waals surface area contributed by atoms with Crippen LogP contribution in [0.3, 0.4) is 0 Å². The molecule has 0 aromatic heterocycles. The lowest BCUT2D eigenvalue weighted by Gasteiger charge is -2.35. The van der Waals surface area contributed by atoms with Crippen molar-refractivity contribution >= 4 is 16.6 Å². The molecule has 1 fully saturated rings. The minimum Gasteiger partial charge on any atom is -0.487 e. The van der Waals surface area contributed by atoms with Crippen LogP contribution in [0.2, 0.25) is 0 Å². The molecule has 130 valence electrons. The van der Waals surface area contributed by atoms with Crippen LogP contribution >= 0.6 is 0 Å². The average Bonchev–Trinajstić information content (AvgIpc) is 2.43. The first-order valence-electron chi connectivity index (χ1n) is 7.10. The van der Waals surface area contributed by atoms with E-state index >= 15 is 0 Å². The van der Waals surface area contributed by atoms with Crippen molar-refractivity contribution in [1.82, 2.24) is 0 Å². The Morgan fingerprint density at radius 2 is 2.04 bits per heavy atom. The molecule has 8 nitrogen and oxygen atoms in total. The van der Waals surface area contributed by atoms with Crippen molar-refractivity contribution in [3.8, 4) is 5.75 Å². The zero-order valence-electron chi connectivity index (χ0n) is 13.1. The molecule has 0 bridgehead atoms. The number of hydrogen-bond donors (Lipinski definition) is 2. The topological polar surface area (TPSA) is 122 Å². The number of nitro groups is 1. The molecule has 0 aliphatic carbocycles. The maximum atomic E-state index is 10.9. The number of nitrogens with two attached hydrogens (primary N) is 1. The molecule has 1 aliphatic heterocycles. The van der Waals surface area contributed by atoms with E-state index in [2.05, 4.69) is 19.0 Å². The summed E-state index contributed by atoms with van der Waals surface area (Å²) in [6.45, 7) is 5.34. The van der Waals surface area contributed by atoms with Gasteiger partial charge in [0.15, 0.2) is 16.6 Å². The number of rotatable bonds is 4. The smallest absolute Gasteiger partial charge is 0.310 e. The molecule has 2 rings (SSSR count). The lowest BCUT2D eigenvalue weighted by Crippen LogP contribution is -2.36. The Balaban J connectivity index is 0.000000593. The predicted molar refractivity (Wildman–Crippen MR) is 85.8 cm³/mol. The van der Waals surface area contributed by atoms with Gasteiger partial charge < -0.3 is 9.47 Å². The molecule has 1 atom stereocenters. The lowest BCUT2D eigenvalue weighted by atomic mass is 9.89. The highest BCUT2D eigenvalue weighted by atomic mass is 32.2. The van der Waals surface area contributed by atoms with E-state index in [1.807, 2.05) is 0 Å². The van der Waals surface area contributed by atoms with Crippen LogP contribution in [0.25, 0.3) is 0 Å². The Hall–Kier alpha value is -1.71. The van der Waals surface area contributed by atoms with E-state index < -0.39 is 15.8 Å². The lowest BCUT2D eigenvalue weighted by molar-refractivity contribution is -0.385. The Morgan fingerprint density at radius 3 is 2.61 bits per heavy atom. The van der Waals surface area contributed by atoms with Crippen LogP contribution in [-0.2, 0) is 15.6 Å². The van der Waals surface area contributed by atoms with Gasteiger partial charge >= 0.3 is 5.69 Å². The molecule has 2 N–H and O–H groups in total. The van der Waals surface area contributed by atoms with Crippen molar-refractivity contribution < 1.29 is 22.8 Å².